The van der Waals surface area contributed by atoms with Gasteiger partial charge in [-0.1, -0.05) is 12.1 Å². The first-order chi connectivity index (χ1) is 18.5. The van der Waals surface area contributed by atoms with E-state index in [0.29, 0.717) is 31.0 Å². The third-order valence-corrected chi connectivity index (χ3v) is 6.58. The van der Waals surface area contributed by atoms with Gasteiger partial charge in [0.2, 0.25) is 0 Å². The van der Waals surface area contributed by atoms with Crippen molar-refractivity contribution in [3.8, 4) is 11.5 Å². The van der Waals surface area contributed by atoms with Crippen LogP contribution in [0.4, 0.5) is 0 Å². The molecular formula is C30H36Cl2N4O4. The number of aryl methyl sites for hydroxylation is 1. The number of halogens is 2. The van der Waals surface area contributed by atoms with E-state index in [4.69, 9.17) is 9.47 Å². The fourth-order valence-corrected chi connectivity index (χ4v) is 4.37. The lowest BCUT2D eigenvalue weighted by molar-refractivity contribution is 0.0771. The van der Waals surface area contributed by atoms with Gasteiger partial charge in [-0.3, -0.25) is 19.5 Å². The van der Waals surface area contributed by atoms with E-state index >= 15 is 0 Å². The number of rotatable bonds is 12. The van der Waals surface area contributed by atoms with Crippen molar-refractivity contribution in [3.63, 3.8) is 0 Å². The van der Waals surface area contributed by atoms with Crippen LogP contribution in [-0.2, 0) is 13.6 Å². The highest BCUT2D eigenvalue weighted by molar-refractivity contribution is 5.96. The standard InChI is InChI=1S/C30H34N4O4.2ClH/c1-32(30(36)26-7-4-5-8-28(26)37-3)18-19-34(22-23-13-15-31-16-14-23)17-6-20-38-25-10-11-27-24(21-25)9-12-29(35)33(27)2;;/h4-5,7-16,21H,6,17-20,22H2,1-3H3;2*1H. The highest BCUT2D eigenvalue weighted by Crippen LogP contribution is 2.20. The Hall–Kier alpha value is -3.59. The predicted molar refractivity (Wildman–Crippen MR) is 163 cm³/mol. The molecule has 0 unspecified atom stereocenters. The lowest BCUT2D eigenvalue weighted by Crippen LogP contribution is -2.37. The maximum atomic E-state index is 13.0. The van der Waals surface area contributed by atoms with Crippen LogP contribution < -0.4 is 15.0 Å². The van der Waals surface area contributed by atoms with E-state index in [-0.39, 0.29) is 36.3 Å². The summed E-state index contributed by atoms with van der Waals surface area (Å²) < 4.78 is 13.0. The van der Waals surface area contributed by atoms with Gasteiger partial charge in [-0.2, -0.15) is 0 Å². The smallest absolute Gasteiger partial charge is 0.257 e. The van der Waals surface area contributed by atoms with Crippen LogP contribution in [0.15, 0.2) is 83.9 Å². The fraction of sp³-hybridized carbons (Fsp3) is 0.300. The van der Waals surface area contributed by atoms with Gasteiger partial charge in [-0.25, -0.2) is 0 Å². The van der Waals surface area contributed by atoms with Gasteiger partial charge in [0.05, 0.1) is 24.8 Å². The molecule has 0 N–H and O–H groups in total. The number of carbonyl (C=O) groups is 1. The Balaban J connectivity index is 0.00000280. The molecule has 10 heteroatoms. The second kappa shape index (κ2) is 15.9. The Morgan fingerprint density at radius 2 is 1.70 bits per heavy atom. The molecule has 8 nitrogen and oxygen atoms in total. The van der Waals surface area contributed by atoms with Crippen LogP contribution in [0.1, 0.15) is 22.3 Å². The predicted octanol–water partition coefficient (Wildman–Crippen LogP) is 4.83. The third-order valence-electron chi connectivity index (χ3n) is 6.58. The number of nitrogens with zero attached hydrogens (tertiary/aromatic N) is 4. The van der Waals surface area contributed by atoms with Crippen molar-refractivity contribution in [1.82, 2.24) is 19.4 Å². The number of fused-ring (bicyclic) bond motifs is 1. The number of carbonyl (C=O) groups excluding carboxylic acids is 1. The lowest BCUT2D eigenvalue weighted by atomic mass is 10.1. The van der Waals surface area contributed by atoms with Crippen molar-refractivity contribution in [2.75, 3.05) is 40.4 Å². The van der Waals surface area contributed by atoms with E-state index in [9.17, 15) is 9.59 Å². The molecule has 0 saturated carbocycles. The van der Waals surface area contributed by atoms with Gasteiger partial charge in [-0.15, -0.1) is 24.8 Å². The van der Waals surface area contributed by atoms with Crippen molar-refractivity contribution in [2.24, 2.45) is 7.05 Å². The van der Waals surface area contributed by atoms with E-state index in [1.54, 1.807) is 54.2 Å². The number of likely N-dealkylation sites (N-methyl/N-ethyl adjacent to an activating group) is 1. The second-order valence-corrected chi connectivity index (χ2v) is 9.21. The van der Waals surface area contributed by atoms with Crippen molar-refractivity contribution in [1.29, 1.82) is 0 Å². The molecule has 0 atom stereocenters. The number of hydrogen-bond donors (Lipinski definition) is 0. The van der Waals surface area contributed by atoms with Gasteiger partial charge < -0.3 is 18.9 Å². The quantitative estimate of drug-likeness (QED) is 0.221. The number of hydrogen-bond acceptors (Lipinski definition) is 6. The summed E-state index contributed by atoms with van der Waals surface area (Å²) >= 11 is 0. The van der Waals surface area contributed by atoms with Gasteiger partial charge in [0.25, 0.3) is 11.5 Å². The van der Waals surface area contributed by atoms with Crippen molar-refractivity contribution in [2.45, 2.75) is 13.0 Å². The summed E-state index contributed by atoms with van der Waals surface area (Å²) in [5, 5.41) is 0.965. The van der Waals surface area contributed by atoms with Gasteiger partial charge in [0.15, 0.2) is 0 Å². The monoisotopic (exact) mass is 586 g/mol. The molecule has 0 spiro atoms. The number of aromatic nitrogens is 2. The first-order valence-electron chi connectivity index (χ1n) is 12.7. The Morgan fingerprint density at radius 3 is 2.45 bits per heavy atom. The van der Waals surface area contributed by atoms with Gasteiger partial charge in [0.1, 0.15) is 11.5 Å². The number of para-hydroxylation sites is 1. The van der Waals surface area contributed by atoms with Crippen LogP contribution in [0, 0.1) is 0 Å². The van der Waals surface area contributed by atoms with Crippen LogP contribution in [-0.4, -0.2) is 65.7 Å². The van der Waals surface area contributed by atoms with Gasteiger partial charge >= 0.3 is 0 Å². The lowest BCUT2D eigenvalue weighted by Gasteiger charge is -2.26. The molecule has 2 aromatic heterocycles. The van der Waals surface area contributed by atoms with Crippen molar-refractivity contribution < 1.29 is 14.3 Å². The second-order valence-electron chi connectivity index (χ2n) is 9.21. The molecule has 0 bridgehead atoms. The molecule has 40 heavy (non-hydrogen) atoms. The zero-order chi connectivity index (χ0) is 26.9. The van der Waals surface area contributed by atoms with Crippen LogP contribution in [0.2, 0.25) is 0 Å². The summed E-state index contributed by atoms with van der Waals surface area (Å²) in [5.41, 5.74) is 2.57. The van der Waals surface area contributed by atoms with Gasteiger partial charge in [-0.05, 0) is 60.5 Å². The molecule has 4 aromatic rings. The first kappa shape index (κ1) is 32.6. The molecule has 2 heterocycles. The van der Waals surface area contributed by atoms with Crippen molar-refractivity contribution >= 4 is 41.6 Å². The molecule has 2 aromatic carbocycles. The summed E-state index contributed by atoms with van der Waals surface area (Å²) in [6.07, 6.45) is 4.41. The molecule has 0 aliphatic heterocycles. The summed E-state index contributed by atoms with van der Waals surface area (Å²) in [7, 11) is 5.16. The third kappa shape index (κ3) is 8.45. The Labute approximate surface area is 247 Å². The average Bonchev–Trinajstić information content (AvgIpc) is 2.95. The zero-order valence-electron chi connectivity index (χ0n) is 23.0. The van der Waals surface area contributed by atoms with E-state index < -0.39 is 0 Å². The summed E-state index contributed by atoms with van der Waals surface area (Å²) in [5.74, 6) is 1.29. The minimum atomic E-state index is -0.0663. The Morgan fingerprint density at radius 1 is 0.950 bits per heavy atom. The Bertz CT molecular complexity index is 1430. The van der Waals surface area contributed by atoms with Crippen LogP contribution in [0.3, 0.4) is 0 Å². The molecule has 0 aliphatic rings. The fourth-order valence-electron chi connectivity index (χ4n) is 4.37. The zero-order valence-corrected chi connectivity index (χ0v) is 24.6. The first-order valence-corrected chi connectivity index (χ1v) is 12.7. The van der Waals surface area contributed by atoms with Crippen molar-refractivity contribution in [3.05, 3.63) is 101 Å². The summed E-state index contributed by atoms with van der Waals surface area (Å²) in [6, 6.07) is 20.5. The van der Waals surface area contributed by atoms with Gasteiger partial charge in [0, 0.05) is 64.1 Å². The maximum absolute atomic E-state index is 13.0. The van der Waals surface area contributed by atoms with E-state index in [1.165, 1.54) is 5.56 Å². The van der Waals surface area contributed by atoms with Crippen LogP contribution in [0.5, 0.6) is 11.5 Å². The molecular weight excluding hydrogens is 551 g/mol. The number of amides is 1. The number of ether oxygens (including phenoxy) is 2. The minimum absolute atomic E-state index is 0. The van der Waals surface area contributed by atoms with Crippen LogP contribution >= 0.6 is 24.8 Å². The SMILES string of the molecule is COc1ccccc1C(=O)N(C)CCN(CCCOc1ccc2c(ccc(=O)n2C)c1)Cc1ccncc1.Cl.Cl. The van der Waals surface area contributed by atoms with E-state index in [0.717, 1.165) is 36.2 Å². The molecule has 4 rings (SSSR count). The number of pyridine rings is 2. The molecule has 0 saturated heterocycles. The topological polar surface area (TPSA) is 76.9 Å². The molecule has 1 amide bonds. The van der Waals surface area contributed by atoms with E-state index in [2.05, 4.69) is 9.88 Å². The van der Waals surface area contributed by atoms with Crippen LogP contribution in [0.25, 0.3) is 10.9 Å². The summed E-state index contributed by atoms with van der Waals surface area (Å²) in [4.78, 5) is 33.1. The molecule has 0 fully saturated rings. The van der Waals surface area contributed by atoms with E-state index in [1.807, 2.05) is 55.6 Å². The Kier molecular flexibility index (Phi) is 12.9. The molecule has 0 radical (unpaired) electrons. The highest BCUT2D eigenvalue weighted by atomic mass is 35.5. The average molecular weight is 588 g/mol. The molecule has 214 valence electrons. The normalized spacial score (nSPS) is 10.5. The largest absolute Gasteiger partial charge is 0.496 e. The minimum Gasteiger partial charge on any atom is -0.496 e. The number of benzene rings is 2. The maximum Gasteiger partial charge on any atom is 0.257 e. The summed E-state index contributed by atoms with van der Waals surface area (Å²) in [6.45, 7) is 3.40. The molecule has 0 aliphatic carbocycles. The number of methoxy groups -OCH3 is 1. The highest BCUT2D eigenvalue weighted by Gasteiger charge is 2.17.